The second-order valence-electron chi connectivity index (χ2n) is 4.98. The first-order chi connectivity index (χ1) is 11.2. The molecule has 114 valence electrons. The van der Waals surface area contributed by atoms with Gasteiger partial charge in [-0.2, -0.15) is 0 Å². The van der Waals surface area contributed by atoms with E-state index in [0.717, 1.165) is 5.75 Å². The van der Waals surface area contributed by atoms with Crippen LogP contribution in [0.25, 0.3) is 0 Å². The van der Waals surface area contributed by atoms with Gasteiger partial charge in [-0.3, -0.25) is 4.79 Å². The molecule has 0 spiro atoms. The van der Waals surface area contributed by atoms with E-state index in [9.17, 15) is 4.79 Å². The van der Waals surface area contributed by atoms with Gasteiger partial charge < -0.3 is 15.8 Å². The summed E-state index contributed by atoms with van der Waals surface area (Å²) in [5, 5.41) is 2.79. The second kappa shape index (κ2) is 6.66. The smallest absolute Gasteiger partial charge is 0.255 e. The Morgan fingerprint density at radius 1 is 0.783 bits per heavy atom. The number of anilines is 2. The Morgan fingerprint density at radius 3 is 2.09 bits per heavy atom. The van der Waals surface area contributed by atoms with Crippen LogP contribution in [0.4, 0.5) is 11.4 Å². The fraction of sp³-hybridized carbons (Fsp3) is 0. The fourth-order valence-electron chi connectivity index (χ4n) is 2.10. The fourth-order valence-corrected chi connectivity index (χ4v) is 2.10. The summed E-state index contributed by atoms with van der Waals surface area (Å²) >= 11 is 0. The molecule has 3 aromatic rings. The number of nitrogens with two attached hydrogens (primary N) is 1. The van der Waals surface area contributed by atoms with Crippen LogP contribution in [0.3, 0.4) is 0 Å². The molecule has 0 aliphatic heterocycles. The van der Waals surface area contributed by atoms with Crippen molar-refractivity contribution in [3.8, 4) is 11.5 Å². The third-order valence-electron chi connectivity index (χ3n) is 3.30. The molecular formula is C19H16N2O2. The quantitative estimate of drug-likeness (QED) is 0.706. The van der Waals surface area contributed by atoms with Crippen molar-refractivity contribution in [1.82, 2.24) is 0 Å². The van der Waals surface area contributed by atoms with Crippen LogP contribution in [-0.2, 0) is 0 Å². The summed E-state index contributed by atoms with van der Waals surface area (Å²) in [5.74, 6) is 1.21. The molecule has 4 heteroatoms. The lowest BCUT2D eigenvalue weighted by Gasteiger charge is -2.09. The van der Waals surface area contributed by atoms with E-state index in [1.54, 1.807) is 36.4 Å². The van der Waals surface area contributed by atoms with Crippen molar-refractivity contribution in [2.45, 2.75) is 0 Å². The van der Waals surface area contributed by atoms with Gasteiger partial charge in [-0.05, 0) is 48.5 Å². The molecule has 0 atom stereocenters. The first-order valence-electron chi connectivity index (χ1n) is 7.21. The van der Waals surface area contributed by atoms with Gasteiger partial charge in [0.1, 0.15) is 11.5 Å². The van der Waals surface area contributed by atoms with Crippen molar-refractivity contribution in [2.24, 2.45) is 0 Å². The van der Waals surface area contributed by atoms with Crippen LogP contribution in [-0.4, -0.2) is 5.91 Å². The van der Waals surface area contributed by atoms with Crippen LogP contribution in [0.2, 0.25) is 0 Å². The number of rotatable bonds is 4. The number of hydrogen-bond donors (Lipinski definition) is 2. The number of hydrogen-bond acceptors (Lipinski definition) is 3. The molecule has 0 bridgehead atoms. The van der Waals surface area contributed by atoms with Gasteiger partial charge in [-0.15, -0.1) is 0 Å². The molecule has 0 aromatic heterocycles. The first-order valence-corrected chi connectivity index (χ1v) is 7.21. The predicted octanol–water partition coefficient (Wildman–Crippen LogP) is 4.31. The summed E-state index contributed by atoms with van der Waals surface area (Å²) in [6.45, 7) is 0. The van der Waals surface area contributed by atoms with Crippen LogP contribution >= 0.6 is 0 Å². The molecule has 0 saturated heterocycles. The van der Waals surface area contributed by atoms with E-state index in [0.29, 0.717) is 22.7 Å². The van der Waals surface area contributed by atoms with Gasteiger partial charge in [0.25, 0.3) is 5.91 Å². The number of nitrogens with one attached hydrogen (secondary N) is 1. The standard InChI is InChI=1S/C19H16N2O2/c20-17-8-4-5-9-18(17)21-19(22)14-10-12-16(13-11-14)23-15-6-2-1-3-7-15/h1-13H,20H2,(H,21,22). The maximum atomic E-state index is 12.2. The Morgan fingerprint density at radius 2 is 1.39 bits per heavy atom. The number of nitrogen functional groups attached to an aromatic ring is 1. The van der Waals surface area contributed by atoms with Gasteiger partial charge in [-0.25, -0.2) is 0 Å². The van der Waals surface area contributed by atoms with Gasteiger partial charge in [0, 0.05) is 5.56 Å². The Bertz CT molecular complexity index is 799. The van der Waals surface area contributed by atoms with Crippen LogP contribution in [0.15, 0.2) is 78.9 Å². The Hall–Kier alpha value is -3.27. The largest absolute Gasteiger partial charge is 0.457 e. The van der Waals surface area contributed by atoms with Gasteiger partial charge in [-0.1, -0.05) is 30.3 Å². The van der Waals surface area contributed by atoms with E-state index in [-0.39, 0.29) is 5.91 Å². The Labute approximate surface area is 134 Å². The average Bonchev–Trinajstić information content (AvgIpc) is 2.58. The zero-order valence-electron chi connectivity index (χ0n) is 12.4. The number of amides is 1. The van der Waals surface area contributed by atoms with E-state index >= 15 is 0 Å². The monoisotopic (exact) mass is 304 g/mol. The molecule has 0 unspecified atom stereocenters. The Balaban J connectivity index is 1.69. The van der Waals surface area contributed by atoms with E-state index in [1.165, 1.54) is 0 Å². The summed E-state index contributed by atoms with van der Waals surface area (Å²) in [6.07, 6.45) is 0. The van der Waals surface area contributed by atoms with Gasteiger partial charge in [0.2, 0.25) is 0 Å². The van der Waals surface area contributed by atoms with E-state index in [2.05, 4.69) is 5.32 Å². The number of para-hydroxylation sites is 3. The van der Waals surface area contributed by atoms with Crippen molar-refractivity contribution in [3.05, 3.63) is 84.4 Å². The molecule has 0 heterocycles. The third kappa shape index (κ3) is 3.68. The van der Waals surface area contributed by atoms with Crippen molar-refractivity contribution < 1.29 is 9.53 Å². The molecule has 1 amide bonds. The number of ether oxygens (including phenoxy) is 1. The number of carbonyl (C=O) groups excluding carboxylic acids is 1. The second-order valence-corrected chi connectivity index (χ2v) is 4.98. The summed E-state index contributed by atoms with van der Waals surface area (Å²) < 4.78 is 5.70. The minimum Gasteiger partial charge on any atom is -0.457 e. The molecule has 0 radical (unpaired) electrons. The lowest BCUT2D eigenvalue weighted by Crippen LogP contribution is -2.12. The normalized spacial score (nSPS) is 10.1. The van der Waals surface area contributed by atoms with Crippen molar-refractivity contribution in [1.29, 1.82) is 0 Å². The van der Waals surface area contributed by atoms with Gasteiger partial charge in [0.05, 0.1) is 11.4 Å². The van der Waals surface area contributed by atoms with Crippen LogP contribution < -0.4 is 15.8 Å². The SMILES string of the molecule is Nc1ccccc1NC(=O)c1ccc(Oc2ccccc2)cc1. The van der Waals surface area contributed by atoms with Crippen LogP contribution in [0.1, 0.15) is 10.4 Å². The molecule has 0 aliphatic carbocycles. The van der Waals surface area contributed by atoms with Crippen LogP contribution in [0, 0.1) is 0 Å². The highest BCUT2D eigenvalue weighted by molar-refractivity contribution is 6.05. The van der Waals surface area contributed by atoms with Crippen molar-refractivity contribution in [3.63, 3.8) is 0 Å². The highest BCUT2D eigenvalue weighted by Gasteiger charge is 2.08. The summed E-state index contributed by atoms with van der Waals surface area (Å²) in [4.78, 5) is 12.2. The van der Waals surface area contributed by atoms with E-state index in [1.807, 2.05) is 42.5 Å². The summed E-state index contributed by atoms with van der Waals surface area (Å²) in [6, 6.07) is 23.6. The molecule has 3 N–H and O–H groups in total. The average molecular weight is 304 g/mol. The third-order valence-corrected chi connectivity index (χ3v) is 3.30. The molecule has 4 nitrogen and oxygen atoms in total. The molecule has 3 aromatic carbocycles. The minimum absolute atomic E-state index is 0.214. The molecule has 3 rings (SSSR count). The predicted molar refractivity (Wildman–Crippen MR) is 91.8 cm³/mol. The molecule has 0 saturated carbocycles. The number of carbonyl (C=O) groups is 1. The summed E-state index contributed by atoms with van der Waals surface area (Å²) in [7, 11) is 0. The van der Waals surface area contributed by atoms with Gasteiger partial charge >= 0.3 is 0 Å². The van der Waals surface area contributed by atoms with Crippen molar-refractivity contribution in [2.75, 3.05) is 11.1 Å². The topological polar surface area (TPSA) is 64.3 Å². The van der Waals surface area contributed by atoms with E-state index < -0.39 is 0 Å². The number of benzene rings is 3. The lowest BCUT2D eigenvalue weighted by atomic mass is 10.2. The van der Waals surface area contributed by atoms with E-state index in [4.69, 9.17) is 10.5 Å². The zero-order chi connectivity index (χ0) is 16.1. The highest BCUT2D eigenvalue weighted by Crippen LogP contribution is 2.22. The lowest BCUT2D eigenvalue weighted by molar-refractivity contribution is 0.102. The minimum atomic E-state index is -0.214. The Kier molecular flexibility index (Phi) is 4.25. The maximum absolute atomic E-state index is 12.2. The summed E-state index contributed by atoms with van der Waals surface area (Å²) in [5.41, 5.74) is 7.49. The molecule has 0 fully saturated rings. The zero-order valence-corrected chi connectivity index (χ0v) is 12.4. The first kappa shape index (κ1) is 14.7. The van der Waals surface area contributed by atoms with Crippen molar-refractivity contribution >= 4 is 17.3 Å². The highest BCUT2D eigenvalue weighted by atomic mass is 16.5. The molecule has 0 aliphatic rings. The molecule has 23 heavy (non-hydrogen) atoms. The van der Waals surface area contributed by atoms with Gasteiger partial charge in [0.15, 0.2) is 0 Å². The van der Waals surface area contributed by atoms with Crippen LogP contribution in [0.5, 0.6) is 11.5 Å². The molecular weight excluding hydrogens is 288 g/mol. The maximum Gasteiger partial charge on any atom is 0.255 e.